The van der Waals surface area contributed by atoms with E-state index < -0.39 is 0 Å². The molecule has 0 amide bonds. The average molecular weight is 175 g/mol. The second-order valence-corrected chi connectivity index (χ2v) is 3.35. The quantitative estimate of drug-likeness (QED) is 0.484. The zero-order chi connectivity index (χ0) is 9.19. The van der Waals surface area contributed by atoms with Gasteiger partial charge >= 0.3 is 0 Å². The van der Waals surface area contributed by atoms with Crippen LogP contribution in [0.3, 0.4) is 0 Å². The van der Waals surface area contributed by atoms with Gasteiger partial charge in [0, 0.05) is 0 Å². The lowest BCUT2D eigenvalue weighted by Gasteiger charge is -1.90. The summed E-state index contributed by atoms with van der Waals surface area (Å²) in [6.45, 7) is 0. The number of allylic oxidation sites excluding steroid dienone is 6. The Morgan fingerprint density at radius 2 is 1.38 bits per heavy atom. The van der Waals surface area contributed by atoms with E-state index in [1.165, 1.54) is 32.1 Å². The maximum absolute atomic E-state index is 2.29. The van der Waals surface area contributed by atoms with Crippen LogP contribution in [-0.2, 0) is 0 Å². The predicted octanol–water partition coefficient (Wildman–Crippen LogP) is 4.21. The molecule has 1 aliphatic carbocycles. The summed E-state index contributed by atoms with van der Waals surface area (Å²) in [5.41, 5.74) is 0. The standard InChI is InChI=1S/C13H19/c1-2-4-6-8-10-12-13-11-9-7-5-3-1/h1-3,8,10-11,13H,4-7,9,12H2/b3-1+,10-8-,13-11+. The normalized spacial score (nSPS) is 27.7. The van der Waals surface area contributed by atoms with Crippen LogP contribution < -0.4 is 0 Å². The number of hydrogen-bond donors (Lipinski definition) is 0. The first-order valence-electron chi connectivity index (χ1n) is 5.28. The minimum atomic E-state index is 1.10. The largest absolute Gasteiger partial charge is 0.0882 e. The van der Waals surface area contributed by atoms with Crippen LogP contribution >= 0.6 is 0 Å². The third kappa shape index (κ3) is 6.39. The molecule has 0 aromatic heterocycles. The van der Waals surface area contributed by atoms with Crippen molar-refractivity contribution >= 4 is 0 Å². The average Bonchev–Trinajstić information content (AvgIpc) is 2.18. The summed E-state index contributed by atoms with van der Waals surface area (Å²) >= 11 is 0. The molecular weight excluding hydrogens is 156 g/mol. The van der Waals surface area contributed by atoms with Crippen molar-refractivity contribution < 1.29 is 0 Å². The van der Waals surface area contributed by atoms with Gasteiger partial charge in [-0.3, -0.25) is 0 Å². The molecule has 0 aromatic rings. The van der Waals surface area contributed by atoms with Crippen LogP contribution in [0.4, 0.5) is 0 Å². The predicted molar refractivity (Wildman–Crippen MR) is 59.4 cm³/mol. The molecule has 13 heavy (non-hydrogen) atoms. The minimum Gasteiger partial charge on any atom is -0.0882 e. The van der Waals surface area contributed by atoms with Crippen molar-refractivity contribution in [2.45, 2.75) is 38.5 Å². The van der Waals surface area contributed by atoms with Gasteiger partial charge in [-0.15, -0.1) is 0 Å². The Hall–Kier alpha value is -0.780. The highest BCUT2D eigenvalue weighted by Gasteiger charge is 1.84. The van der Waals surface area contributed by atoms with Crippen molar-refractivity contribution in [2.24, 2.45) is 0 Å². The van der Waals surface area contributed by atoms with Crippen LogP contribution in [0, 0.1) is 6.42 Å². The molecule has 0 fully saturated rings. The van der Waals surface area contributed by atoms with Gasteiger partial charge in [0.2, 0.25) is 0 Å². The third-order valence-electron chi connectivity index (χ3n) is 2.12. The van der Waals surface area contributed by atoms with Gasteiger partial charge in [0.05, 0.1) is 0 Å². The fourth-order valence-electron chi connectivity index (χ4n) is 1.34. The molecule has 0 N–H and O–H groups in total. The molecule has 0 atom stereocenters. The Morgan fingerprint density at radius 3 is 2.31 bits per heavy atom. The minimum absolute atomic E-state index is 1.10. The van der Waals surface area contributed by atoms with E-state index in [0.717, 1.165) is 6.42 Å². The lowest BCUT2D eigenvalue weighted by atomic mass is 10.2. The van der Waals surface area contributed by atoms with Crippen molar-refractivity contribution in [3.8, 4) is 0 Å². The first-order chi connectivity index (χ1) is 6.50. The summed E-state index contributed by atoms with van der Waals surface area (Å²) in [6, 6.07) is 0. The van der Waals surface area contributed by atoms with Gasteiger partial charge in [0.1, 0.15) is 0 Å². The maximum Gasteiger partial charge on any atom is -0.0167 e. The van der Waals surface area contributed by atoms with E-state index in [0.29, 0.717) is 0 Å². The zero-order valence-electron chi connectivity index (χ0n) is 8.28. The van der Waals surface area contributed by atoms with Crippen LogP contribution in [0.15, 0.2) is 36.5 Å². The van der Waals surface area contributed by atoms with Gasteiger partial charge < -0.3 is 0 Å². The molecule has 0 nitrogen and oxygen atoms in total. The summed E-state index contributed by atoms with van der Waals surface area (Å²) in [6.07, 6.45) is 23.0. The molecule has 0 heterocycles. The van der Waals surface area contributed by atoms with Crippen LogP contribution in [0.1, 0.15) is 38.5 Å². The molecular formula is C13H19. The Balaban J connectivity index is 2.27. The summed E-state index contributed by atoms with van der Waals surface area (Å²) < 4.78 is 0. The molecule has 0 saturated heterocycles. The lowest BCUT2D eigenvalue weighted by Crippen LogP contribution is -1.71. The van der Waals surface area contributed by atoms with Gasteiger partial charge in [0.25, 0.3) is 0 Å². The first-order valence-corrected chi connectivity index (χ1v) is 5.28. The smallest absolute Gasteiger partial charge is 0.0167 e. The highest BCUT2D eigenvalue weighted by Crippen LogP contribution is 2.03. The summed E-state index contributed by atoms with van der Waals surface area (Å²) in [5.74, 6) is 0. The zero-order valence-corrected chi connectivity index (χ0v) is 8.28. The fraction of sp³-hybridized carbons (Fsp3) is 0.462. The molecule has 1 aliphatic rings. The molecule has 0 unspecified atom stereocenters. The number of hydrogen-bond acceptors (Lipinski definition) is 0. The van der Waals surface area contributed by atoms with Crippen LogP contribution in [0.25, 0.3) is 0 Å². The molecule has 71 valence electrons. The summed E-state index contributed by atoms with van der Waals surface area (Å²) in [4.78, 5) is 0. The van der Waals surface area contributed by atoms with Crippen molar-refractivity contribution in [1.29, 1.82) is 0 Å². The molecule has 0 aromatic carbocycles. The first kappa shape index (κ1) is 10.3. The lowest BCUT2D eigenvalue weighted by molar-refractivity contribution is 0.864. The van der Waals surface area contributed by atoms with Crippen molar-refractivity contribution in [3.05, 3.63) is 42.9 Å². The molecule has 1 rings (SSSR count). The van der Waals surface area contributed by atoms with Gasteiger partial charge in [-0.1, -0.05) is 36.5 Å². The summed E-state index contributed by atoms with van der Waals surface area (Å²) in [5, 5.41) is 0. The Bertz CT molecular complexity index is 164. The maximum atomic E-state index is 2.29. The van der Waals surface area contributed by atoms with Crippen LogP contribution in [0.5, 0.6) is 0 Å². The summed E-state index contributed by atoms with van der Waals surface area (Å²) in [7, 11) is 0. The van der Waals surface area contributed by atoms with E-state index in [1.807, 2.05) is 0 Å². The van der Waals surface area contributed by atoms with Gasteiger partial charge in [-0.2, -0.15) is 0 Å². The molecule has 0 bridgehead atoms. The van der Waals surface area contributed by atoms with E-state index >= 15 is 0 Å². The van der Waals surface area contributed by atoms with E-state index in [9.17, 15) is 0 Å². The van der Waals surface area contributed by atoms with Crippen LogP contribution in [-0.4, -0.2) is 0 Å². The third-order valence-corrected chi connectivity index (χ3v) is 2.12. The van der Waals surface area contributed by atoms with E-state index in [1.54, 1.807) is 0 Å². The van der Waals surface area contributed by atoms with Crippen LogP contribution in [0.2, 0.25) is 0 Å². The highest BCUT2D eigenvalue weighted by atomic mass is 13.9. The van der Waals surface area contributed by atoms with Gasteiger partial charge in [0.15, 0.2) is 0 Å². The monoisotopic (exact) mass is 175 g/mol. The van der Waals surface area contributed by atoms with Gasteiger partial charge in [-0.25, -0.2) is 0 Å². The Kier molecular flexibility index (Phi) is 6.22. The molecule has 0 spiro atoms. The Morgan fingerprint density at radius 1 is 0.615 bits per heavy atom. The van der Waals surface area contributed by atoms with E-state index in [-0.39, 0.29) is 0 Å². The van der Waals surface area contributed by atoms with Gasteiger partial charge in [-0.05, 0) is 44.9 Å². The molecule has 0 aliphatic heterocycles. The topological polar surface area (TPSA) is 0 Å². The van der Waals surface area contributed by atoms with Crippen molar-refractivity contribution in [1.82, 2.24) is 0 Å². The second-order valence-electron chi connectivity index (χ2n) is 3.35. The highest BCUT2D eigenvalue weighted by molar-refractivity contribution is 4.99. The van der Waals surface area contributed by atoms with E-state index in [2.05, 4.69) is 42.9 Å². The Labute approximate surface area is 82.0 Å². The second kappa shape index (κ2) is 7.85. The van der Waals surface area contributed by atoms with Crippen molar-refractivity contribution in [3.63, 3.8) is 0 Å². The van der Waals surface area contributed by atoms with E-state index in [4.69, 9.17) is 0 Å². The SMILES string of the molecule is [CH]1/C=C/CCC/C=C/C/C=C\CC1. The number of rotatable bonds is 0. The molecule has 1 radical (unpaired) electrons. The van der Waals surface area contributed by atoms with Crippen molar-refractivity contribution in [2.75, 3.05) is 0 Å². The molecule has 0 heteroatoms. The molecule has 0 saturated carbocycles. The fourth-order valence-corrected chi connectivity index (χ4v) is 1.34.